The molecule has 3 rings (SSSR count). The van der Waals surface area contributed by atoms with E-state index < -0.39 is 11.7 Å². The predicted octanol–water partition coefficient (Wildman–Crippen LogP) is 4.57. The van der Waals surface area contributed by atoms with Gasteiger partial charge in [0.1, 0.15) is 0 Å². The van der Waals surface area contributed by atoms with E-state index in [1.54, 1.807) is 23.6 Å². The van der Waals surface area contributed by atoms with Gasteiger partial charge in [-0.15, -0.1) is 22.7 Å². The summed E-state index contributed by atoms with van der Waals surface area (Å²) in [6, 6.07) is 8.58. The molecule has 0 spiro atoms. The second-order valence-corrected chi connectivity index (χ2v) is 8.10. The zero-order valence-corrected chi connectivity index (χ0v) is 16.6. The Hall–Kier alpha value is -2.72. The van der Waals surface area contributed by atoms with Crippen LogP contribution >= 0.6 is 22.7 Å². The van der Waals surface area contributed by atoms with Gasteiger partial charge in [0.25, 0.3) is 5.91 Å². The van der Waals surface area contributed by atoms with Gasteiger partial charge < -0.3 is 10.6 Å². The highest BCUT2D eigenvalue weighted by Crippen LogP contribution is 2.30. The van der Waals surface area contributed by atoms with Crippen molar-refractivity contribution >= 4 is 39.6 Å². The molecule has 0 bridgehead atoms. The molecule has 3 aromatic rings. The molecular formula is C19H16F3N3O2S2. The number of nitrogens with one attached hydrogen (secondary N) is 2. The molecule has 0 fully saturated rings. The van der Waals surface area contributed by atoms with Gasteiger partial charge in [-0.1, -0.05) is 24.3 Å². The summed E-state index contributed by atoms with van der Waals surface area (Å²) in [7, 11) is 0. The number of thiazole rings is 1. The van der Waals surface area contributed by atoms with Gasteiger partial charge in [0.05, 0.1) is 10.4 Å². The maximum atomic E-state index is 12.8. The fraction of sp³-hybridized carbons (Fsp3) is 0.211. The number of carbonyl (C=O) groups excluding carboxylic acids is 2. The summed E-state index contributed by atoms with van der Waals surface area (Å²) in [4.78, 5) is 29.2. The minimum absolute atomic E-state index is 0.0830. The van der Waals surface area contributed by atoms with E-state index in [4.69, 9.17) is 0 Å². The Morgan fingerprint density at radius 2 is 1.97 bits per heavy atom. The van der Waals surface area contributed by atoms with Gasteiger partial charge in [-0.3, -0.25) is 9.59 Å². The van der Waals surface area contributed by atoms with Crippen molar-refractivity contribution in [2.45, 2.75) is 19.0 Å². The Morgan fingerprint density at radius 1 is 1.14 bits per heavy atom. The van der Waals surface area contributed by atoms with E-state index in [1.807, 2.05) is 0 Å². The third kappa shape index (κ3) is 6.13. The van der Waals surface area contributed by atoms with Gasteiger partial charge >= 0.3 is 6.18 Å². The van der Waals surface area contributed by atoms with E-state index in [-0.39, 0.29) is 31.2 Å². The van der Waals surface area contributed by atoms with E-state index in [2.05, 4.69) is 15.6 Å². The van der Waals surface area contributed by atoms with Crippen molar-refractivity contribution in [1.29, 1.82) is 0 Å². The molecule has 5 nitrogen and oxygen atoms in total. The fourth-order valence-corrected chi connectivity index (χ4v) is 3.97. The second kappa shape index (κ2) is 9.19. The topological polar surface area (TPSA) is 71.1 Å². The molecule has 2 amide bonds. The Bertz CT molecular complexity index is 985. The summed E-state index contributed by atoms with van der Waals surface area (Å²) in [5, 5.41) is 7.45. The highest BCUT2D eigenvalue weighted by Gasteiger charge is 2.30. The van der Waals surface area contributed by atoms with Crippen LogP contribution in [0.4, 0.5) is 18.3 Å². The fourth-order valence-electron chi connectivity index (χ4n) is 2.47. The van der Waals surface area contributed by atoms with Gasteiger partial charge in [0.15, 0.2) is 5.13 Å². The molecule has 0 aliphatic rings. The first-order valence-electron chi connectivity index (χ1n) is 8.53. The number of thiophene rings is 1. The molecule has 0 aliphatic carbocycles. The number of amides is 2. The number of aromatic nitrogens is 1. The lowest BCUT2D eigenvalue weighted by atomic mass is 10.1. The summed E-state index contributed by atoms with van der Waals surface area (Å²) in [6.07, 6.45) is -2.49. The van der Waals surface area contributed by atoms with Gasteiger partial charge in [-0.25, -0.2) is 4.98 Å². The standard InChI is InChI=1S/C19H16F3N3O2S2/c20-19(21,22)13-4-1-3-12(9-13)10-14-11-24-18(29-14)25-16(26)6-7-23-17(27)15-5-2-8-28-15/h1-5,8-9,11H,6-7,10H2,(H,23,27)(H,24,25,26). The smallest absolute Gasteiger partial charge is 0.351 e. The number of halogens is 3. The number of anilines is 1. The van der Waals surface area contributed by atoms with Crippen LogP contribution in [0.3, 0.4) is 0 Å². The molecule has 0 radical (unpaired) electrons. The normalized spacial score (nSPS) is 11.3. The van der Waals surface area contributed by atoms with Crippen molar-refractivity contribution in [3.8, 4) is 0 Å². The molecule has 152 valence electrons. The van der Waals surface area contributed by atoms with Gasteiger partial charge in [-0.05, 0) is 23.1 Å². The zero-order valence-electron chi connectivity index (χ0n) is 15.0. The molecule has 0 atom stereocenters. The summed E-state index contributed by atoms with van der Waals surface area (Å²) in [5.41, 5.74) is -0.185. The Kier molecular flexibility index (Phi) is 6.65. The summed E-state index contributed by atoms with van der Waals surface area (Å²) >= 11 is 2.51. The van der Waals surface area contributed by atoms with Crippen LogP contribution in [0.15, 0.2) is 48.0 Å². The maximum Gasteiger partial charge on any atom is 0.416 e. The van der Waals surface area contributed by atoms with Gasteiger partial charge in [0.2, 0.25) is 5.91 Å². The number of alkyl halides is 3. The van der Waals surface area contributed by atoms with Crippen molar-refractivity contribution in [3.05, 3.63) is 68.9 Å². The van der Waals surface area contributed by atoms with E-state index in [0.29, 0.717) is 15.6 Å². The second-order valence-electron chi connectivity index (χ2n) is 6.04. The van der Waals surface area contributed by atoms with E-state index >= 15 is 0 Å². The third-order valence-electron chi connectivity index (χ3n) is 3.82. The van der Waals surface area contributed by atoms with Crippen LogP contribution in [0.2, 0.25) is 0 Å². The number of hydrogen-bond acceptors (Lipinski definition) is 5. The monoisotopic (exact) mass is 439 g/mol. The maximum absolute atomic E-state index is 12.8. The minimum Gasteiger partial charge on any atom is -0.351 e. The largest absolute Gasteiger partial charge is 0.416 e. The molecule has 0 aliphatic heterocycles. The van der Waals surface area contributed by atoms with E-state index in [9.17, 15) is 22.8 Å². The molecule has 1 aromatic carbocycles. The van der Waals surface area contributed by atoms with Crippen LogP contribution in [0, 0.1) is 0 Å². The van der Waals surface area contributed by atoms with Crippen LogP contribution < -0.4 is 10.6 Å². The first kappa shape index (κ1) is 21.0. The summed E-state index contributed by atoms with van der Waals surface area (Å²) < 4.78 is 38.4. The number of rotatable bonds is 7. The average Bonchev–Trinajstić information content (AvgIpc) is 3.33. The molecule has 2 aromatic heterocycles. The molecule has 0 saturated carbocycles. The number of nitrogens with zero attached hydrogens (tertiary/aromatic N) is 1. The molecule has 2 N–H and O–H groups in total. The van der Waals surface area contributed by atoms with Crippen molar-refractivity contribution < 1.29 is 22.8 Å². The quantitative estimate of drug-likeness (QED) is 0.566. The Labute approximate surface area is 172 Å². The van der Waals surface area contributed by atoms with Crippen LogP contribution in [0.1, 0.15) is 32.1 Å². The van der Waals surface area contributed by atoms with Gasteiger partial charge in [0, 0.05) is 30.5 Å². The lowest BCUT2D eigenvalue weighted by Crippen LogP contribution is -2.27. The predicted molar refractivity (Wildman–Crippen MR) is 106 cm³/mol. The molecular weight excluding hydrogens is 423 g/mol. The van der Waals surface area contributed by atoms with E-state index in [0.717, 1.165) is 17.0 Å². The first-order chi connectivity index (χ1) is 13.8. The Balaban J connectivity index is 1.48. The van der Waals surface area contributed by atoms with Gasteiger partial charge in [-0.2, -0.15) is 13.2 Å². The van der Waals surface area contributed by atoms with Crippen LogP contribution in [-0.2, 0) is 17.4 Å². The zero-order chi connectivity index (χ0) is 20.9. The highest BCUT2D eigenvalue weighted by atomic mass is 32.1. The number of hydrogen-bond donors (Lipinski definition) is 2. The van der Waals surface area contributed by atoms with Crippen LogP contribution in [0.25, 0.3) is 0 Å². The van der Waals surface area contributed by atoms with Crippen molar-refractivity contribution in [2.75, 3.05) is 11.9 Å². The third-order valence-corrected chi connectivity index (χ3v) is 5.60. The lowest BCUT2D eigenvalue weighted by molar-refractivity contribution is -0.137. The van der Waals surface area contributed by atoms with E-state index in [1.165, 1.54) is 34.9 Å². The van der Waals surface area contributed by atoms with Crippen molar-refractivity contribution in [3.63, 3.8) is 0 Å². The van der Waals surface area contributed by atoms with Crippen molar-refractivity contribution in [1.82, 2.24) is 10.3 Å². The highest BCUT2D eigenvalue weighted by molar-refractivity contribution is 7.15. The number of carbonyl (C=O) groups is 2. The SMILES string of the molecule is O=C(CCNC(=O)c1cccs1)Nc1ncc(Cc2cccc(C(F)(F)F)c2)s1. The van der Waals surface area contributed by atoms with Crippen molar-refractivity contribution in [2.24, 2.45) is 0 Å². The molecule has 0 unspecified atom stereocenters. The first-order valence-corrected chi connectivity index (χ1v) is 10.2. The van der Waals surface area contributed by atoms with Crippen LogP contribution in [-0.4, -0.2) is 23.3 Å². The lowest BCUT2D eigenvalue weighted by Gasteiger charge is -2.07. The van der Waals surface area contributed by atoms with Crippen LogP contribution in [0.5, 0.6) is 0 Å². The Morgan fingerprint density at radius 3 is 2.69 bits per heavy atom. The number of benzene rings is 1. The molecule has 10 heteroatoms. The molecule has 29 heavy (non-hydrogen) atoms. The molecule has 2 heterocycles. The molecule has 0 saturated heterocycles. The average molecular weight is 439 g/mol. The minimum atomic E-state index is -4.39. The summed E-state index contributed by atoms with van der Waals surface area (Å²) in [5.74, 6) is -0.540. The summed E-state index contributed by atoms with van der Waals surface area (Å²) in [6.45, 7) is 0.186.